The van der Waals surface area contributed by atoms with Crippen LogP contribution in [0.5, 0.6) is 5.75 Å². The Morgan fingerprint density at radius 2 is 2.41 bits per heavy atom. The number of nitrogens with one attached hydrogen (secondary N) is 1. The molecular weight excluding hydrogens is 242 g/mol. The summed E-state index contributed by atoms with van der Waals surface area (Å²) in [5.41, 5.74) is 7.65. The van der Waals surface area contributed by atoms with Crippen LogP contribution in [0.25, 0.3) is 0 Å². The lowest BCUT2D eigenvalue weighted by molar-refractivity contribution is -0.109. The van der Waals surface area contributed by atoms with E-state index in [1.54, 1.807) is 12.1 Å². The van der Waals surface area contributed by atoms with E-state index in [1.807, 2.05) is 0 Å². The van der Waals surface area contributed by atoms with Gasteiger partial charge in [-0.1, -0.05) is 0 Å². The minimum Gasteiger partial charge on any atom is -0.490 e. The molecule has 0 amide bonds. The standard InChI is InChI=1S/C11H12ClN3O2/c12-3-4-17-11-7(13)1-2-8-10(11)9(5-16)15-6-14-8/h1-2,5-6,9H,3-4,13H2,(H,14,15). The summed E-state index contributed by atoms with van der Waals surface area (Å²) in [6, 6.07) is 2.97. The number of carbonyl (C=O) groups is 1. The molecule has 0 aromatic heterocycles. The highest BCUT2D eigenvalue weighted by molar-refractivity contribution is 6.18. The maximum Gasteiger partial charge on any atom is 0.150 e. The van der Waals surface area contributed by atoms with Gasteiger partial charge in [-0.05, 0) is 12.1 Å². The van der Waals surface area contributed by atoms with Gasteiger partial charge in [-0.15, -0.1) is 11.6 Å². The Bertz CT molecular complexity index is 462. The van der Waals surface area contributed by atoms with Crippen LogP contribution in [-0.2, 0) is 4.79 Å². The number of aliphatic imine (C=N–C) groups is 1. The second kappa shape index (κ2) is 5.05. The van der Waals surface area contributed by atoms with E-state index in [-0.39, 0.29) is 0 Å². The number of alkyl halides is 1. The Morgan fingerprint density at radius 3 is 3.12 bits per heavy atom. The summed E-state index contributed by atoms with van der Waals surface area (Å²) in [7, 11) is 0. The molecule has 0 radical (unpaired) electrons. The summed E-state index contributed by atoms with van der Waals surface area (Å²) in [5, 5.41) is 2.84. The fourth-order valence-corrected chi connectivity index (χ4v) is 1.78. The van der Waals surface area contributed by atoms with Crippen LogP contribution in [0.15, 0.2) is 17.1 Å². The molecule has 0 spiro atoms. The normalized spacial score (nSPS) is 17.1. The number of nitrogens with zero attached hydrogens (tertiary/aromatic N) is 1. The molecule has 1 aliphatic rings. The Morgan fingerprint density at radius 1 is 1.59 bits per heavy atom. The van der Waals surface area contributed by atoms with E-state index >= 15 is 0 Å². The first-order valence-electron chi connectivity index (χ1n) is 5.13. The molecule has 0 saturated carbocycles. The number of halogens is 1. The van der Waals surface area contributed by atoms with Crippen LogP contribution in [0, 0.1) is 0 Å². The van der Waals surface area contributed by atoms with E-state index in [2.05, 4.69) is 10.3 Å². The molecule has 90 valence electrons. The van der Waals surface area contributed by atoms with Crippen molar-refractivity contribution in [3.05, 3.63) is 17.7 Å². The van der Waals surface area contributed by atoms with Crippen molar-refractivity contribution in [2.24, 2.45) is 4.99 Å². The van der Waals surface area contributed by atoms with Crippen LogP contribution < -0.4 is 15.8 Å². The monoisotopic (exact) mass is 253 g/mol. The van der Waals surface area contributed by atoms with E-state index in [4.69, 9.17) is 22.1 Å². The van der Waals surface area contributed by atoms with Crippen molar-refractivity contribution in [2.75, 3.05) is 18.2 Å². The number of fused-ring (bicyclic) bond motifs is 1. The van der Waals surface area contributed by atoms with Crippen molar-refractivity contribution in [3.63, 3.8) is 0 Å². The first-order valence-corrected chi connectivity index (χ1v) is 5.66. The third kappa shape index (κ3) is 2.19. The molecule has 0 saturated heterocycles. The summed E-state index contributed by atoms with van der Waals surface area (Å²) < 4.78 is 5.49. The zero-order valence-corrected chi connectivity index (χ0v) is 9.78. The van der Waals surface area contributed by atoms with E-state index in [0.717, 1.165) is 6.29 Å². The quantitative estimate of drug-likeness (QED) is 0.483. The van der Waals surface area contributed by atoms with Gasteiger partial charge in [0.1, 0.15) is 24.7 Å². The number of rotatable bonds is 4. The van der Waals surface area contributed by atoms with Crippen LogP contribution in [0.2, 0.25) is 0 Å². The first-order chi connectivity index (χ1) is 8.27. The van der Waals surface area contributed by atoms with E-state index in [9.17, 15) is 4.79 Å². The number of hydrogen-bond acceptors (Lipinski definition) is 5. The van der Waals surface area contributed by atoms with E-state index in [0.29, 0.717) is 35.2 Å². The second-order valence-electron chi connectivity index (χ2n) is 3.49. The molecule has 6 heteroatoms. The van der Waals surface area contributed by atoms with Gasteiger partial charge in [0.15, 0.2) is 0 Å². The maximum absolute atomic E-state index is 11.0. The lowest BCUT2D eigenvalue weighted by Crippen LogP contribution is -2.25. The van der Waals surface area contributed by atoms with Crippen LogP contribution in [0.4, 0.5) is 11.4 Å². The number of anilines is 1. The van der Waals surface area contributed by atoms with Gasteiger partial charge in [0.05, 0.1) is 29.2 Å². The number of benzene rings is 1. The molecule has 5 nitrogen and oxygen atoms in total. The average Bonchev–Trinajstić information content (AvgIpc) is 2.37. The molecule has 1 aromatic carbocycles. The van der Waals surface area contributed by atoms with E-state index < -0.39 is 6.04 Å². The largest absolute Gasteiger partial charge is 0.490 e. The SMILES string of the molecule is Nc1ccc2c(c1OCCCl)C(C=O)NC=N2. The van der Waals surface area contributed by atoms with Gasteiger partial charge in [-0.3, -0.25) is 0 Å². The summed E-state index contributed by atoms with van der Waals surface area (Å²) in [6.45, 7) is 0.331. The second-order valence-corrected chi connectivity index (χ2v) is 3.87. The van der Waals surface area contributed by atoms with Gasteiger partial charge in [0.25, 0.3) is 0 Å². The number of hydrogen-bond donors (Lipinski definition) is 2. The highest BCUT2D eigenvalue weighted by atomic mass is 35.5. The van der Waals surface area contributed by atoms with Crippen molar-refractivity contribution >= 4 is 35.6 Å². The molecule has 1 heterocycles. The Balaban J connectivity index is 2.48. The summed E-state index contributed by atoms with van der Waals surface area (Å²) in [4.78, 5) is 15.2. The molecule has 1 aliphatic heterocycles. The van der Waals surface area contributed by atoms with E-state index in [1.165, 1.54) is 6.34 Å². The third-order valence-corrected chi connectivity index (χ3v) is 2.59. The van der Waals surface area contributed by atoms with Crippen molar-refractivity contribution in [1.82, 2.24) is 5.32 Å². The molecule has 2 rings (SSSR count). The van der Waals surface area contributed by atoms with Crippen molar-refractivity contribution < 1.29 is 9.53 Å². The summed E-state index contributed by atoms with van der Waals surface area (Å²) in [6.07, 6.45) is 2.28. The van der Waals surface area contributed by atoms with Crippen molar-refractivity contribution in [2.45, 2.75) is 6.04 Å². The number of nitrogens with two attached hydrogens (primary N) is 1. The fourth-order valence-electron chi connectivity index (χ4n) is 1.70. The minimum absolute atomic E-state index is 0.331. The maximum atomic E-state index is 11.0. The molecule has 3 N–H and O–H groups in total. The Labute approximate surface area is 104 Å². The topological polar surface area (TPSA) is 76.7 Å². The molecule has 1 unspecified atom stereocenters. The van der Waals surface area contributed by atoms with Crippen LogP contribution in [0.3, 0.4) is 0 Å². The van der Waals surface area contributed by atoms with Crippen LogP contribution in [0.1, 0.15) is 11.6 Å². The number of carbonyl (C=O) groups excluding carboxylic acids is 1. The first kappa shape index (κ1) is 11.7. The zero-order chi connectivity index (χ0) is 12.3. The lowest BCUT2D eigenvalue weighted by atomic mass is 10.0. The average molecular weight is 254 g/mol. The Hall–Kier alpha value is -1.75. The smallest absolute Gasteiger partial charge is 0.150 e. The molecular formula is C11H12ClN3O2. The molecule has 0 aliphatic carbocycles. The van der Waals surface area contributed by atoms with Crippen LogP contribution in [-0.4, -0.2) is 25.1 Å². The fraction of sp³-hybridized carbons (Fsp3) is 0.273. The van der Waals surface area contributed by atoms with Gasteiger partial charge in [0, 0.05) is 0 Å². The molecule has 1 aromatic rings. The predicted molar refractivity (Wildman–Crippen MR) is 67.2 cm³/mol. The molecule has 0 bridgehead atoms. The van der Waals surface area contributed by atoms with Gasteiger partial charge >= 0.3 is 0 Å². The summed E-state index contributed by atoms with van der Waals surface area (Å²) in [5.74, 6) is 0.829. The van der Waals surface area contributed by atoms with Gasteiger partial charge in [0.2, 0.25) is 0 Å². The zero-order valence-electron chi connectivity index (χ0n) is 9.02. The van der Waals surface area contributed by atoms with Gasteiger partial charge in [-0.25, -0.2) is 4.99 Å². The van der Waals surface area contributed by atoms with Gasteiger partial charge < -0.3 is 20.6 Å². The predicted octanol–water partition coefficient (Wildman–Crippen LogP) is 1.39. The molecule has 1 atom stereocenters. The van der Waals surface area contributed by atoms with Crippen molar-refractivity contribution in [1.29, 1.82) is 0 Å². The highest BCUT2D eigenvalue weighted by Crippen LogP contribution is 2.39. The molecule has 17 heavy (non-hydrogen) atoms. The number of aldehydes is 1. The number of nitrogen functional groups attached to an aromatic ring is 1. The third-order valence-electron chi connectivity index (χ3n) is 2.43. The van der Waals surface area contributed by atoms with Crippen LogP contribution >= 0.6 is 11.6 Å². The lowest BCUT2D eigenvalue weighted by Gasteiger charge is -2.22. The minimum atomic E-state index is -0.490. The Kier molecular flexibility index (Phi) is 3.49. The molecule has 0 fully saturated rings. The highest BCUT2D eigenvalue weighted by Gasteiger charge is 2.23. The summed E-state index contributed by atoms with van der Waals surface area (Å²) >= 11 is 5.58. The number of ether oxygens (including phenoxy) is 1. The van der Waals surface area contributed by atoms with Crippen molar-refractivity contribution in [3.8, 4) is 5.75 Å². The van der Waals surface area contributed by atoms with Gasteiger partial charge in [-0.2, -0.15) is 0 Å².